The maximum atomic E-state index is 5.66. The van der Waals surface area contributed by atoms with Crippen molar-refractivity contribution < 1.29 is 0 Å². The molecule has 0 atom stereocenters. The van der Waals surface area contributed by atoms with Crippen LogP contribution in [0.4, 0.5) is 0 Å². The molecule has 0 aliphatic carbocycles. The summed E-state index contributed by atoms with van der Waals surface area (Å²) in [6, 6.07) is 8.95. The second-order valence-corrected chi connectivity index (χ2v) is 5.04. The predicted octanol–water partition coefficient (Wildman–Crippen LogP) is 4.09. The Balaban J connectivity index is 2.26. The van der Waals surface area contributed by atoms with Gasteiger partial charge in [-0.15, -0.1) is 11.6 Å². The Morgan fingerprint density at radius 2 is 1.65 bits per heavy atom. The van der Waals surface area contributed by atoms with Gasteiger partial charge >= 0.3 is 0 Å². The summed E-state index contributed by atoms with van der Waals surface area (Å²) < 4.78 is 0. The molecule has 0 unspecified atom stereocenters. The van der Waals surface area contributed by atoms with Crippen molar-refractivity contribution in [2.45, 2.75) is 39.2 Å². The zero-order valence-corrected chi connectivity index (χ0v) is 11.8. The Morgan fingerprint density at radius 1 is 1.00 bits per heavy atom. The highest BCUT2D eigenvalue weighted by Crippen LogP contribution is 2.08. The minimum absolute atomic E-state index is 0.794. The van der Waals surface area contributed by atoms with Gasteiger partial charge < -0.3 is 4.90 Å². The Morgan fingerprint density at radius 3 is 2.24 bits per heavy atom. The number of alkyl halides is 1. The van der Waals surface area contributed by atoms with Crippen molar-refractivity contribution in [3.8, 4) is 0 Å². The Hall–Kier alpha value is -0.530. The standard InChI is InChI=1S/C15H24ClN/c1-3-14-7-9-15(10-8-14)13-17(2)12-6-4-5-11-16/h7-10H,3-6,11-13H2,1-2H3. The van der Waals surface area contributed by atoms with E-state index in [4.69, 9.17) is 11.6 Å². The molecule has 96 valence electrons. The molecule has 0 aromatic heterocycles. The molecule has 0 bridgehead atoms. The predicted molar refractivity (Wildman–Crippen MR) is 76.7 cm³/mol. The molecule has 0 fully saturated rings. The fourth-order valence-corrected chi connectivity index (χ4v) is 2.11. The van der Waals surface area contributed by atoms with Crippen LogP contribution in [0.25, 0.3) is 0 Å². The zero-order valence-electron chi connectivity index (χ0n) is 11.1. The lowest BCUT2D eigenvalue weighted by molar-refractivity contribution is 0.318. The second kappa shape index (κ2) is 8.54. The van der Waals surface area contributed by atoms with Gasteiger partial charge in [0.1, 0.15) is 0 Å². The van der Waals surface area contributed by atoms with Gasteiger partial charge in [-0.2, -0.15) is 0 Å². The number of rotatable bonds is 8. The highest BCUT2D eigenvalue weighted by atomic mass is 35.5. The van der Waals surface area contributed by atoms with E-state index in [0.717, 1.165) is 31.8 Å². The van der Waals surface area contributed by atoms with Crippen LogP contribution in [0.2, 0.25) is 0 Å². The highest BCUT2D eigenvalue weighted by Gasteiger charge is 2.00. The van der Waals surface area contributed by atoms with Gasteiger partial charge in [-0.3, -0.25) is 0 Å². The van der Waals surface area contributed by atoms with Crippen LogP contribution in [-0.2, 0) is 13.0 Å². The lowest BCUT2D eigenvalue weighted by atomic mass is 10.1. The number of hydrogen-bond acceptors (Lipinski definition) is 1. The van der Waals surface area contributed by atoms with Gasteiger partial charge in [0.25, 0.3) is 0 Å². The van der Waals surface area contributed by atoms with Crippen LogP contribution in [0.3, 0.4) is 0 Å². The molecule has 1 nitrogen and oxygen atoms in total. The van der Waals surface area contributed by atoms with E-state index in [2.05, 4.69) is 43.1 Å². The lowest BCUT2D eigenvalue weighted by Crippen LogP contribution is -2.19. The smallest absolute Gasteiger partial charge is 0.0230 e. The van der Waals surface area contributed by atoms with E-state index in [9.17, 15) is 0 Å². The Labute approximate surface area is 111 Å². The first-order valence-corrected chi connectivity index (χ1v) is 7.12. The number of aryl methyl sites for hydroxylation is 1. The summed E-state index contributed by atoms with van der Waals surface area (Å²) >= 11 is 5.66. The van der Waals surface area contributed by atoms with Gasteiger partial charge in [0.05, 0.1) is 0 Å². The molecule has 2 heteroatoms. The van der Waals surface area contributed by atoms with Crippen LogP contribution in [0.5, 0.6) is 0 Å². The van der Waals surface area contributed by atoms with E-state index in [1.54, 1.807) is 0 Å². The average molecular weight is 254 g/mol. The first-order valence-electron chi connectivity index (χ1n) is 6.58. The molecule has 0 saturated carbocycles. The molecule has 0 saturated heterocycles. The monoisotopic (exact) mass is 253 g/mol. The van der Waals surface area contributed by atoms with Crippen LogP contribution >= 0.6 is 11.6 Å². The fourth-order valence-electron chi connectivity index (χ4n) is 1.92. The molecule has 0 amide bonds. The van der Waals surface area contributed by atoms with Gasteiger partial charge in [-0.05, 0) is 44.0 Å². The van der Waals surface area contributed by atoms with E-state index >= 15 is 0 Å². The third-order valence-corrected chi connectivity index (χ3v) is 3.32. The van der Waals surface area contributed by atoms with Crippen LogP contribution in [0, 0.1) is 0 Å². The third kappa shape index (κ3) is 6.09. The topological polar surface area (TPSA) is 3.24 Å². The molecule has 0 aliphatic heterocycles. The van der Waals surface area contributed by atoms with Gasteiger partial charge in [0.2, 0.25) is 0 Å². The maximum absolute atomic E-state index is 5.66. The Kier molecular flexibility index (Phi) is 7.30. The van der Waals surface area contributed by atoms with Gasteiger partial charge in [-0.1, -0.05) is 37.6 Å². The molecule has 1 aromatic carbocycles. The molecule has 0 heterocycles. The molecular formula is C15H24ClN. The molecule has 0 N–H and O–H groups in total. The van der Waals surface area contributed by atoms with Gasteiger partial charge in [0, 0.05) is 12.4 Å². The van der Waals surface area contributed by atoms with E-state index in [0.29, 0.717) is 0 Å². The minimum Gasteiger partial charge on any atom is -0.302 e. The lowest BCUT2D eigenvalue weighted by Gasteiger charge is -2.16. The second-order valence-electron chi connectivity index (χ2n) is 4.66. The Bertz CT molecular complexity index is 294. The van der Waals surface area contributed by atoms with Crippen molar-refractivity contribution >= 4 is 11.6 Å². The summed E-state index contributed by atoms with van der Waals surface area (Å²) in [5.41, 5.74) is 2.82. The van der Waals surface area contributed by atoms with Crippen LogP contribution in [-0.4, -0.2) is 24.4 Å². The fraction of sp³-hybridized carbons (Fsp3) is 0.600. The molecule has 0 aliphatic rings. The van der Waals surface area contributed by atoms with E-state index in [1.165, 1.54) is 24.0 Å². The first kappa shape index (κ1) is 14.5. The summed E-state index contributed by atoms with van der Waals surface area (Å²) in [5, 5.41) is 0. The van der Waals surface area contributed by atoms with Gasteiger partial charge in [-0.25, -0.2) is 0 Å². The zero-order chi connectivity index (χ0) is 12.5. The van der Waals surface area contributed by atoms with Crippen molar-refractivity contribution in [2.75, 3.05) is 19.5 Å². The third-order valence-electron chi connectivity index (χ3n) is 3.06. The summed E-state index contributed by atoms with van der Waals surface area (Å²) in [5.74, 6) is 0.794. The summed E-state index contributed by atoms with van der Waals surface area (Å²) in [6.45, 7) is 4.40. The average Bonchev–Trinajstić information content (AvgIpc) is 2.36. The van der Waals surface area contributed by atoms with E-state index < -0.39 is 0 Å². The minimum atomic E-state index is 0.794. The van der Waals surface area contributed by atoms with Crippen LogP contribution in [0.1, 0.15) is 37.3 Å². The van der Waals surface area contributed by atoms with Crippen molar-refractivity contribution in [3.05, 3.63) is 35.4 Å². The molecule has 1 rings (SSSR count). The molecule has 0 radical (unpaired) electrons. The quantitative estimate of drug-likeness (QED) is 0.498. The number of halogens is 1. The van der Waals surface area contributed by atoms with Crippen molar-refractivity contribution in [1.29, 1.82) is 0 Å². The number of hydrogen-bond donors (Lipinski definition) is 0. The summed E-state index contributed by atoms with van der Waals surface area (Å²) in [6.07, 6.45) is 4.74. The largest absolute Gasteiger partial charge is 0.302 e. The van der Waals surface area contributed by atoms with Crippen molar-refractivity contribution in [3.63, 3.8) is 0 Å². The van der Waals surface area contributed by atoms with Gasteiger partial charge in [0.15, 0.2) is 0 Å². The van der Waals surface area contributed by atoms with Crippen molar-refractivity contribution in [1.82, 2.24) is 4.90 Å². The SMILES string of the molecule is CCc1ccc(CN(C)CCCCCCl)cc1. The molecule has 17 heavy (non-hydrogen) atoms. The van der Waals surface area contributed by atoms with Crippen LogP contribution in [0.15, 0.2) is 24.3 Å². The number of benzene rings is 1. The number of unbranched alkanes of at least 4 members (excludes halogenated alkanes) is 2. The number of nitrogens with zero attached hydrogens (tertiary/aromatic N) is 1. The molecular weight excluding hydrogens is 230 g/mol. The van der Waals surface area contributed by atoms with Crippen molar-refractivity contribution in [2.24, 2.45) is 0 Å². The first-order chi connectivity index (χ1) is 8.26. The van der Waals surface area contributed by atoms with E-state index in [-0.39, 0.29) is 0 Å². The highest BCUT2D eigenvalue weighted by molar-refractivity contribution is 6.17. The maximum Gasteiger partial charge on any atom is 0.0230 e. The summed E-state index contributed by atoms with van der Waals surface area (Å²) in [4.78, 5) is 2.38. The summed E-state index contributed by atoms with van der Waals surface area (Å²) in [7, 11) is 2.19. The molecule has 1 aromatic rings. The normalized spacial score (nSPS) is 11.1. The molecule has 0 spiro atoms. The van der Waals surface area contributed by atoms with E-state index in [1.807, 2.05) is 0 Å². The van der Waals surface area contributed by atoms with Crippen LogP contribution < -0.4 is 0 Å².